The van der Waals surface area contributed by atoms with Crippen LogP contribution in [0.4, 0.5) is 4.79 Å². The Balaban J connectivity index is 2.44. The van der Waals surface area contributed by atoms with Crippen LogP contribution in [0.5, 0.6) is 0 Å². The van der Waals surface area contributed by atoms with Crippen molar-refractivity contribution in [2.24, 2.45) is 5.92 Å². The molecule has 2 N–H and O–H groups in total. The average Bonchev–Trinajstić information content (AvgIpc) is 2.84. The van der Waals surface area contributed by atoms with Crippen molar-refractivity contribution in [3.8, 4) is 0 Å². The normalized spacial score (nSPS) is 12.9. The van der Waals surface area contributed by atoms with Gasteiger partial charge in [-0.1, -0.05) is 87.4 Å². The van der Waals surface area contributed by atoms with Gasteiger partial charge in [-0.25, -0.2) is 4.79 Å². The quantitative estimate of drug-likeness (QED) is 0.361. The molecule has 0 aliphatic carbocycles. The first-order chi connectivity index (χ1) is 17.9. The molecular weight excluding hydrogens is 478 g/mol. The number of benzene rings is 2. The van der Waals surface area contributed by atoms with Crippen molar-refractivity contribution in [2.75, 3.05) is 6.54 Å². The molecule has 2 atom stereocenters. The first-order valence-electron chi connectivity index (χ1n) is 13.6. The molecule has 0 fully saturated rings. The van der Waals surface area contributed by atoms with E-state index in [2.05, 4.69) is 10.6 Å². The third kappa shape index (κ3) is 10.2. The number of unbranched alkanes of at least 4 members (excludes halogenated alkanes) is 1. The number of carbonyl (C=O) groups excluding carboxylic acids is 3. The van der Waals surface area contributed by atoms with Crippen LogP contribution in [0, 0.1) is 12.8 Å². The predicted octanol–water partition coefficient (Wildman–Crippen LogP) is 5.92. The predicted molar refractivity (Wildman–Crippen MR) is 151 cm³/mol. The molecule has 7 nitrogen and oxygen atoms in total. The van der Waals surface area contributed by atoms with Crippen molar-refractivity contribution in [3.05, 3.63) is 71.3 Å². The number of alkyl carbamates (subject to hydrolysis) is 1. The van der Waals surface area contributed by atoms with Gasteiger partial charge in [-0.15, -0.1) is 0 Å². The number of hydrogen-bond donors (Lipinski definition) is 2. The molecule has 0 saturated carbocycles. The van der Waals surface area contributed by atoms with Gasteiger partial charge in [0.25, 0.3) is 0 Å². The third-order valence-electron chi connectivity index (χ3n) is 5.99. The fourth-order valence-corrected chi connectivity index (χ4v) is 4.14. The maximum absolute atomic E-state index is 14.1. The summed E-state index contributed by atoms with van der Waals surface area (Å²) in [5, 5.41) is 5.82. The van der Waals surface area contributed by atoms with Gasteiger partial charge in [-0.2, -0.15) is 0 Å². The molecule has 0 bridgehead atoms. The van der Waals surface area contributed by atoms with E-state index in [1.165, 1.54) is 0 Å². The first kappa shape index (κ1) is 30.9. The Labute approximate surface area is 228 Å². The topological polar surface area (TPSA) is 87.7 Å². The van der Waals surface area contributed by atoms with Gasteiger partial charge < -0.3 is 20.3 Å². The SMILES string of the molecule is CCCCN(C(=O)C(CC(C)C)NC(=O)OC(C)(C)C)C(C(=O)NCc1ccccc1)c1ccc(C)cc1. The van der Waals surface area contributed by atoms with Crippen molar-refractivity contribution in [1.29, 1.82) is 0 Å². The molecule has 7 heteroatoms. The van der Waals surface area contributed by atoms with Crippen LogP contribution in [-0.4, -0.2) is 41.0 Å². The summed E-state index contributed by atoms with van der Waals surface area (Å²) in [4.78, 5) is 42.2. The smallest absolute Gasteiger partial charge is 0.408 e. The average molecular weight is 524 g/mol. The largest absolute Gasteiger partial charge is 0.444 e. The van der Waals surface area contributed by atoms with E-state index >= 15 is 0 Å². The Bertz CT molecular complexity index is 1030. The molecule has 0 saturated heterocycles. The van der Waals surface area contributed by atoms with E-state index in [9.17, 15) is 14.4 Å². The standard InChI is InChI=1S/C31H45N3O4/c1-8-9-19-34(29(36)26(20-22(2)3)33-30(37)38-31(5,6)7)27(25-17-15-23(4)16-18-25)28(35)32-21-24-13-11-10-12-14-24/h10-18,22,26-27H,8-9,19-21H2,1-7H3,(H,32,35)(H,33,37). The maximum atomic E-state index is 14.1. The Kier molecular flexibility index (Phi) is 11.8. The van der Waals surface area contributed by atoms with Gasteiger partial charge in [0.1, 0.15) is 17.7 Å². The molecule has 0 heterocycles. The summed E-state index contributed by atoms with van der Waals surface area (Å²) in [6.07, 6.45) is 1.35. The molecule has 2 aromatic carbocycles. The second-order valence-corrected chi connectivity index (χ2v) is 11.2. The van der Waals surface area contributed by atoms with Gasteiger partial charge in [0.05, 0.1) is 0 Å². The molecule has 0 aromatic heterocycles. The van der Waals surface area contributed by atoms with Gasteiger partial charge in [0.15, 0.2) is 0 Å². The van der Waals surface area contributed by atoms with Crippen LogP contribution in [0.3, 0.4) is 0 Å². The molecular formula is C31H45N3O4. The number of hydrogen-bond acceptors (Lipinski definition) is 4. The lowest BCUT2D eigenvalue weighted by atomic mass is 9.98. The van der Waals surface area contributed by atoms with Crippen LogP contribution in [0.15, 0.2) is 54.6 Å². The lowest BCUT2D eigenvalue weighted by Crippen LogP contribution is -2.53. The van der Waals surface area contributed by atoms with Crippen molar-refractivity contribution in [1.82, 2.24) is 15.5 Å². The zero-order valence-corrected chi connectivity index (χ0v) is 24.0. The fourth-order valence-electron chi connectivity index (χ4n) is 4.14. The highest BCUT2D eigenvalue weighted by atomic mass is 16.6. The number of ether oxygens (including phenoxy) is 1. The van der Waals surface area contributed by atoms with E-state index in [0.29, 0.717) is 19.5 Å². The van der Waals surface area contributed by atoms with E-state index < -0.39 is 23.8 Å². The van der Waals surface area contributed by atoms with Crippen molar-refractivity contribution in [3.63, 3.8) is 0 Å². The third-order valence-corrected chi connectivity index (χ3v) is 5.99. The highest BCUT2D eigenvalue weighted by molar-refractivity contribution is 5.92. The minimum Gasteiger partial charge on any atom is -0.444 e. The van der Waals surface area contributed by atoms with Crippen LogP contribution in [0.2, 0.25) is 0 Å². The summed E-state index contributed by atoms with van der Waals surface area (Å²) in [7, 11) is 0. The summed E-state index contributed by atoms with van der Waals surface area (Å²) >= 11 is 0. The molecule has 0 radical (unpaired) electrons. The van der Waals surface area contributed by atoms with Gasteiger partial charge in [0, 0.05) is 13.1 Å². The minimum absolute atomic E-state index is 0.136. The zero-order valence-electron chi connectivity index (χ0n) is 24.0. The van der Waals surface area contributed by atoms with Crippen LogP contribution in [0.25, 0.3) is 0 Å². The zero-order chi connectivity index (χ0) is 28.3. The summed E-state index contributed by atoms with van der Waals surface area (Å²) in [5.41, 5.74) is 2.07. The second-order valence-electron chi connectivity index (χ2n) is 11.2. The summed E-state index contributed by atoms with van der Waals surface area (Å²) in [5.74, 6) is -0.419. The molecule has 208 valence electrons. The number of rotatable bonds is 12. The highest BCUT2D eigenvalue weighted by Crippen LogP contribution is 2.25. The molecule has 3 amide bonds. The monoisotopic (exact) mass is 523 g/mol. The van der Waals surface area contributed by atoms with E-state index in [0.717, 1.165) is 29.5 Å². The fraction of sp³-hybridized carbons (Fsp3) is 0.516. The van der Waals surface area contributed by atoms with Crippen molar-refractivity contribution in [2.45, 2.75) is 92.0 Å². The number of aryl methyl sites for hydroxylation is 1. The minimum atomic E-state index is -0.839. The Morgan fingerprint density at radius 2 is 1.61 bits per heavy atom. The van der Waals surface area contributed by atoms with Crippen LogP contribution < -0.4 is 10.6 Å². The van der Waals surface area contributed by atoms with Gasteiger partial charge in [0.2, 0.25) is 11.8 Å². The molecule has 2 aromatic rings. The first-order valence-corrected chi connectivity index (χ1v) is 13.6. The second kappa shape index (κ2) is 14.6. The van der Waals surface area contributed by atoms with Crippen LogP contribution >= 0.6 is 0 Å². The Hall–Kier alpha value is -3.35. The van der Waals surface area contributed by atoms with Gasteiger partial charge in [-0.3, -0.25) is 9.59 Å². The number of amides is 3. The number of nitrogens with one attached hydrogen (secondary N) is 2. The lowest BCUT2D eigenvalue weighted by Gasteiger charge is -2.35. The van der Waals surface area contributed by atoms with Crippen LogP contribution in [-0.2, 0) is 20.9 Å². The molecule has 0 aliphatic rings. The number of carbonyl (C=O) groups is 3. The summed E-state index contributed by atoms with van der Waals surface area (Å²) in [6, 6.07) is 15.7. The number of nitrogens with zero attached hydrogens (tertiary/aromatic N) is 1. The lowest BCUT2D eigenvalue weighted by molar-refractivity contribution is -0.143. The van der Waals surface area contributed by atoms with E-state index in [-0.39, 0.29) is 17.7 Å². The molecule has 38 heavy (non-hydrogen) atoms. The van der Waals surface area contributed by atoms with Crippen molar-refractivity contribution >= 4 is 17.9 Å². The molecule has 0 aliphatic heterocycles. The van der Waals surface area contributed by atoms with Gasteiger partial charge >= 0.3 is 6.09 Å². The van der Waals surface area contributed by atoms with Crippen LogP contribution in [0.1, 0.15) is 83.5 Å². The van der Waals surface area contributed by atoms with E-state index in [1.807, 2.05) is 82.3 Å². The maximum Gasteiger partial charge on any atom is 0.408 e. The summed E-state index contributed by atoms with van der Waals surface area (Å²) < 4.78 is 5.45. The highest BCUT2D eigenvalue weighted by Gasteiger charge is 2.36. The molecule has 2 unspecified atom stereocenters. The Morgan fingerprint density at radius 1 is 0.974 bits per heavy atom. The van der Waals surface area contributed by atoms with Crippen molar-refractivity contribution < 1.29 is 19.1 Å². The Morgan fingerprint density at radius 3 is 2.16 bits per heavy atom. The van der Waals surface area contributed by atoms with E-state index in [4.69, 9.17) is 4.74 Å². The molecule has 2 rings (SSSR count). The molecule has 0 spiro atoms. The summed E-state index contributed by atoms with van der Waals surface area (Å²) in [6.45, 7) is 14.1. The van der Waals surface area contributed by atoms with Gasteiger partial charge in [-0.05, 0) is 57.6 Å². The van der Waals surface area contributed by atoms with E-state index in [1.54, 1.807) is 25.7 Å².